The lowest BCUT2D eigenvalue weighted by Gasteiger charge is -2.42. The summed E-state index contributed by atoms with van der Waals surface area (Å²) < 4.78 is 33.1. The van der Waals surface area contributed by atoms with Gasteiger partial charge in [-0.05, 0) is 23.8 Å². The first-order chi connectivity index (χ1) is 12.4. The molecular formula is C18H20F2N4O2. The minimum Gasteiger partial charge on any atom is -0.497 e. The fraction of sp³-hybridized carbons (Fsp3) is 0.444. The van der Waals surface area contributed by atoms with Crippen LogP contribution in [-0.2, 0) is 17.9 Å². The predicted molar refractivity (Wildman–Crippen MR) is 89.9 cm³/mol. The molecule has 26 heavy (non-hydrogen) atoms. The zero-order chi connectivity index (χ0) is 18.3. The number of rotatable bonds is 4. The smallest absolute Gasteiger partial charge is 0.282 e. The lowest BCUT2D eigenvalue weighted by atomic mass is 10.1. The molecule has 0 spiro atoms. The van der Waals surface area contributed by atoms with Crippen molar-refractivity contribution in [3.63, 3.8) is 0 Å². The van der Waals surface area contributed by atoms with E-state index < -0.39 is 25.1 Å². The van der Waals surface area contributed by atoms with Gasteiger partial charge in [-0.25, -0.2) is 8.78 Å². The number of halogens is 2. The van der Waals surface area contributed by atoms with Crippen molar-refractivity contribution in [3.05, 3.63) is 47.8 Å². The summed E-state index contributed by atoms with van der Waals surface area (Å²) in [6.45, 7) is 0.761. The Morgan fingerprint density at radius 1 is 1.27 bits per heavy atom. The summed E-state index contributed by atoms with van der Waals surface area (Å²) in [5, 5.41) is 4.24. The maximum atomic E-state index is 13.1. The third-order valence-electron chi connectivity index (χ3n) is 4.87. The minimum atomic E-state index is -2.76. The van der Waals surface area contributed by atoms with E-state index in [9.17, 15) is 13.6 Å². The molecule has 0 N–H and O–H groups in total. The van der Waals surface area contributed by atoms with Crippen molar-refractivity contribution in [2.45, 2.75) is 25.1 Å². The Morgan fingerprint density at radius 3 is 2.65 bits per heavy atom. The number of carbonyl (C=O) groups excluding carboxylic acids is 1. The zero-order valence-electron chi connectivity index (χ0n) is 14.4. The Bertz CT molecular complexity index is 798. The standard InChI is InChI=1S/C18H20F2N4O2/c1-26-15-4-2-13(3-5-15)8-22-9-14-6-7-21-24(14)16(10-22)17(25)23-11-18(19,20)12-23/h2-7,16H,8-12H2,1H3. The molecule has 1 aromatic heterocycles. The van der Waals surface area contributed by atoms with Crippen LogP contribution in [0, 0.1) is 0 Å². The molecule has 0 radical (unpaired) electrons. The van der Waals surface area contributed by atoms with Crippen LogP contribution in [-0.4, -0.2) is 58.2 Å². The second-order valence-electron chi connectivity index (χ2n) is 6.85. The van der Waals surface area contributed by atoms with Gasteiger partial charge in [0.2, 0.25) is 5.91 Å². The highest BCUT2D eigenvalue weighted by molar-refractivity contribution is 5.82. The Labute approximate surface area is 149 Å². The monoisotopic (exact) mass is 362 g/mol. The van der Waals surface area contributed by atoms with Gasteiger partial charge in [0.25, 0.3) is 5.92 Å². The highest BCUT2D eigenvalue weighted by Gasteiger charge is 2.48. The van der Waals surface area contributed by atoms with Gasteiger partial charge in [-0.15, -0.1) is 0 Å². The number of amides is 1. The van der Waals surface area contributed by atoms with Crippen molar-refractivity contribution >= 4 is 5.91 Å². The van der Waals surface area contributed by atoms with Crippen molar-refractivity contribution in [3.8, 4) is 5.75 Å². The number of nitrogens with zero attached hydrogens (tertiary/aromatic N) is 4. The number of hydrogen-bond acceptors (Lipinski definition) is 4. The number of carbonyl (C=O) groups is 1. The Kier molecular flexibility index (Phi) is 4.14. The van der Waals surface area contributed by atoms with Gasteiger partial charge in [0.1, 0.15) is 11.8 Å². The van der Waals surface area contributed by atoms with Crippen LogP contribution >= 0.6 is 0 Å². The van der Waals surface area contributed by atoms with Gasteiger partial charge in [0, 0.05) is 25.8 Å². The number of hydrogen-bond donors (Lipinski definition) is 0. The number of methoxy groups -OCH3 is 1. The number of benzene rings is 1. The SMILES string of the molecule is COc1ccc(CN2Cc3ccnn3C(C(=O)N3CC(F)(F)C3)C2)cc1. The van der Waals surface area contributed by atoms with Gasteiger partial charge >= 0.3 is 0 Å². The maximum Gasteiger partial charge on any atom is 0.282 e. The Morgan fingerprint density at radius 2 is 2.00 bits per heavy atom. The van der Waals surface area contributed by atoms with E-state index in [0.717, 1.165) is 17.0 Å². The quantitative estimate of drug-likeness (QED) is 0.834. The fourth-order valence-electron chi connectivity index (χ4n) is 3.53. The molecule has 6 nitrogen and oxygen atoms in total. The molecule has 0 aliphatic carbocycles. The van der Waals surface area contributed by atoms with E-state index in [1.165, 1.54) is 4.90 Å². The average Bonchev–Trinajstić information content (AvgIpc) is 3.07. The highest BCUT2D eigenvalue weighted by Crippen LogP contribution is 2.31. The second-order valence-corrected chi connectivity index (χ2v) is 6.85. The van der Waals surface area contributed by atoms with Crippen LogP contribution in [0.2, 0.25) is 0 Å². The molecule has 138 valence electrons. The highest BCUT2D eigenvalue weighted by atomic mass is 19.3. The van der Waals surface area contributed by atoms with Crippen LogP contribution in [0.15, 0.2) is 36.5 Å². The first kappa shape index (κ1) is 17.0. The predicted octanol–water partition coefficient (Wildman–Crippen LogP) is 1.93. The molecule has 2 aromatic rings. The van der Waals surface area contributed by atoms with Crippen LogP contribution in [0.5, 0.6) is 5.75 Å². The van der Waals surface area contributed by atoms with Crippen molar-refractivity contribution in [1.82, 2.24) is 19.6 Å². The van der Waals surface area contributed by atoms with Crippen molar-refractivity contribution < 1.29 is 18.3 Å². The Hall–Kier alpha value is -2.48. The van der Waals surface area contributed by atoms with E-state index in [4.69, 9.17) is 4.74 Å². The largest absolute Gasteiger partial charge is 0.497 e. The summed E-state index contributed by atoms with van der Waals surface area (Å²) >= 11 is 0. The minimum absolute atomic E-state index is 0.291. The molecule has 1 saturated heterocycles. The first-order valence-electron chi connectivity index (χ1n) is 8.49. The van der Waals surface area contributed by atoms with Gasteiger partial charge in [-0.2, -0.15) is 5.10 Å². The molecule has 2 aliphatic rings. The van der Waals surface area contributed by atoms with Gasteiger partial charge in [0.05, 0.1) is 25.9 Å². The lowest BCUT2D eigenvalue weighted by molar-refractivity contribution is -0.170. The van der Waals surface area contributed by atoms with E-state index in [0.29, 0.717) is 19.6 Å². The summed E-state index contributed by atoms with van der Waals surface area (Å²) in [5.74, 6) is -2.27. The third-order valence-corrected chi connectivity index (χ3v) is 4.87. The number of ether oxygens (including phenoxy) is 1. The first-order valence-corrected chi connectivity index (χ1v) is 8.49. The van der Waals surface area contributed by atoms with E-state index in [-0.39, 0.29) is 5.91 Å². The molecule has 1 unspecified atom stereocenters. The van der Waals surface area contributed by atoms with Crippen molar-refractivity contribution in [1.29, 1.82) is 0 Å². The molecule has 2 aliphatic heterocycles. The Balaban J connectivity index is 1.49. The number of alkyl halides is 2. The maximum absolute atomic E-state index is 13.1. The summed E-state index contributed by atoms with van der Waals surface area (Å²) in [6.07, 6.45) is 1.65. The molecule has 1 amide bonds. The lowest BCUT2D eigenvalue weighted by Crippen LogP contribution is -2.61. The summed E-state index contributed by atoms with van der Waals surface area (Å²) in [7, 11) is 1.62. The summed E-state index contributed by atoms with van der Waals surface area (Å²) in [5.41, 5.74) is 2.01. The molecule has 0 bridgehead atoms. The van der Waals surface area contributed by atoms with E-state index in [2.05, 4.69) is 10.00 Å². The topological polar surface area (TPSA) is 50.6 Å². The van der Waals surface area contributed by atoms with Gasteiger partial charge in [-0.1, -0.05) is 12.1 Å². The third kappa shape index (κ3) is 3.16. The normalized spacial score (nSPS) is 21.8. The zero-order valence-corrected chi connectivity index (χ0v) is 14.4. The molecule has 3 heterocycles. The van der Waals surface area contributed by atoms with E-state index in [1.807, 2.05) is 30.3 Å². The second kappa shape index (κ2) is 6.35. The fourth-order valence-corrected chi connectivity index (χ4v) is 3.53. The number of likely N-dealkylation sites (tertiary alicyclic amines) is 1. The van der Waals surface area contributed by atoms with Gasteiger partial charge < -0.3 is 9.64 Å². The molecule has 0 saturated carbocycles. The number of aromatic nitrogens is 2. The summed E-state index contributed by atoms with van der Waals surface area (Å²) in [6, 6.07) is 9.06. The number of fused-ring (bicyclic) bond motifs is 1. The van der Waals surface area contributed by atoms with Crippen LogP contribution in [0.4, 0.5) is 8.78 Å². The van der Waals surface area contributed by atoms with Crippen LogP contribution in [0.25, 0.3) is 0 Å². The molecule has 4 rings (SSSR count). The van der Waals surface area contributed by atoms with Crippen LogP contribution in [0.1, 0.15) is 17.3 Å². The molecule has 8 heteroatoms. The molecule has 1 aromatic carbocycles. The van der Waals surface area contributed by atoms with Crippen molar-refractivity contribution in [2.24, 2.45) is 0 Å². The molecular weight excluding hydrogens is 342 g/mol. The van der Waals surface area contributed by atoms with Crippen LogP contribution < -0.4 is 4.74 Å². The van der Waals surface area contributed by atoms with Crippen LogP contribution in [0.3, 0.4) is 0 Å². The average molecular weight is 362 g/mol. The van der Waals surface area contributed by atoms with Gasteiger partial charge in [0.15, 0.2) is 0 Å². The van der Waals surface area contributed by atoms with Gasteiger partial charge in [-0.3, -0.25) is 14.4 Å². The molecule has 1 atom stereocenters. The van der Waals surface area contributed by atoms with E-state index in [1.54, 1.807) is 18.0 Å². The van der Waals surface area contributed by atoms with E-state index >= 15 is 0 Å². The summed E-state index contributed by atoms with van der Waals surface area (Å²) in [4.78, 5) is 16.1. The molecule has 1 fully saturated rings. The van der Waals surface area contributed by atoms with Crippen molar-refractivity contribution in [2.75, 3.05) is 26.7 Å².